The standard InChI is InChI=1S/C22H24BrNO2/c1-16-9-10-18(15-25)19(13-16)20-14-17-7-3-4-8-21(17)24(22(20)26)12-6-2-5-11-23/h3-4,7-10,13,15,20H,2,5-6,11-12,14H2,1H3. The van der Waals surface area contributed by atoms with E-state index in [4.69, 9.17) is 0 Å². The highest BCUT2D eigenvalue weighted by molar-refractivity contribution is 9.09. The summed E-state index contributed by atoms with van der Waals surface area (Å²) < 4.78 is 0. The van der Waals surface area contributed by atoms with Gasteiger partial charge in [0.1, 0.15) is 6.29 Å². The minimum Gasteiger partial charge on any atom is -0.312 e. The Hall–Kier alpha value is -1.94. The molecule has 0 saturated heterocycles. The fourth-order valence-electron chi connectivity index (χ4n) is 3.68. The second kappa shape index (κ2) is 8.63. The predicted octanol–water partition coefficient (Wildman–Crippen LogP) is 5.05. The Morgan fingerprint density at radius 2 is 1.96 bits per heavy atom. The number of anilines is 1. The molecule has 3 rings (SSSR count). The molecule has 2 aromatic carbocycles. The van der Waals surface area contributed by atoms with Crippen LogP contribution in [0.2, 0.25) is 0 Å². The maximum absolute atomic E-state index is 13.3. The molecule has 1 aliphatic heterocycles. The van der Waals surface area contributed by atoms with E-state index in [9.17, 15) is 9.59 Å². The molecular formula is C22H24BrNO2. The number of unbranched alkanes of at least 4 members (excludes halogenated alkanes) is 2. The number of amides is 1. The van der Waals surface area contributed by atoms with Crippen LogP contribution in [0.4, 0.5) is 5.69 Å². The Morgan fingerprint density at radius 3 is 2.73 bits per heavy atom. The highest BCUT2D eigenvalue weighted by Gasteiger charge is 2.34. The van der Waals surface area contributed by atoms with Crippen molar-refractivity contribution in [3.05, 3.63) is 64.7 Å². The fourth-order valence-corrected chi connectivity index (χ4v) is 4.08. The lowest BCUT2D eigenvalue weighted by molar-refractivity contribution is -0.120. The van der Waals surface area contributed by atoms with Crippen LogP contribution in [0.1, 0.15) is 52.2 Å². The van der Waals surface area contributed by atoms with Crippen molar-refractivity contribution in [3.63, 3.8) is 0 Å². The van der Waals surface area contributed by atoms with Crippen LogP contribution in [-0.2, 0) is 11.2 Å². The number of carbonyl (C=O) groups is 2. The molecule has 0 fully saturated rings. The van der Waals surface area contributed by atoms with E-state index >= 15 is 0 Å². The Labute approximate surface area is 163 Å². The second-order valence-corrected chi connectivity index (χ2v) is 7.67. The Morgan fingerprint density at radius 1 is 1.15 bits per heavy atom. The van der Waals surface area contributed by atoms with E-state index in [1.54, 1.807) is 0 Å². The molecule has 4 heteroatoms. The molecule has 0 aromatic heterocycles. The van der Waals surface area contributed by atoms with E-state index in [2.05, 4.69) is 22.0 Å². The third kappa shape index (κ3) is 3.90. The van der Waals surface area contributed by atoms with Gasteiger partial charge in [0.05, 0.1) is 5.92 Å². The molecule has 2 aromatic rings. The second-order valence-electron chi connectivity index (χ2n) is 6.88. The van der Waals surface area contributed by atoms with Crippen molar-refractivity contribution in [1.82, 2.24) is 0 Å². The minimum absolute atomic E-state index is 0.108. The lowest BCUT2D eigenvalue weighted by Gasteiger charge is -2.35. The maximum atomic E-state index is 13.3. The zero-order chi connectivity index (χ0) is 18.5. The SMILES string of the molecule is Cc1ccc(C=O)c(C2Cc3ccccc3N(CCCCCBr)C2=O)c1. The quantitative estimate of drug-likeness (QED) is 0.361. The van der Waals surface area contributed by atoms with Crippen LogP contribution < -0.4 is 4.90 Å². The summed E-state index contributed by atoms with van der Waals surface area (Å²) in [6.07, 6.45) is 4.69. The van der Waals surface area contributed by atoms with Crippen molar-refractivity contribution >= 4 is 33.8 Å². The molecule has 0 saturated carbocycles. The van der Waals surface area contributed by atoms with E-state index in [1.807, 2.05) is 48.2 Å². The Balaban J connectivity index is 1.95. The van der Waals surface area contributed by atoms with Crippen LogP contribution in [0, 0.1) is 6.92 Å². The van der Waals surface area contributed by atoms with E-state index in [-0.39, 0.29) is 11.8 Å². The molecule has 3 nitrogen and oxygen atoms in total. The topological polar surface area (TPSA) is 37.4 Å². The molecule has 136 valence electrons. The summed E-state index contributed by atoms with van der Waals surface area (Å²) >= 11 is 3.46. The molecule has 0 bridgehead atoms. The number of aldehydes is 1. The summed E-state index contributed by atoms with van der Waals surface area (Å²) in [6, 6.07) is 13.9. The highest BCUT2D eigenvalue weighted by Crippen LogP contribution is 2.36. The summed E-state index contributed by atoms with van der Waals surface area (Å²) in [5.41, 5.74) is 4.74. The molecule has 0 radical (unpaired) electrons. The van der Waals surface area contributed by atoms with Gasteiger partial charge in [-0.25, -0.2) is 0 Å². The zero-order valence-electron chi connectivity index (χ0n) is 15.1. The first-order chi connectivity index (χ1) is 12.7. The minimum atomic E-state index is -0.291. The average molecular weight is 414 g/mol. The number of fused-ring (bicyclic) bond motifs is 1. The van der Waals surface area contributed by atoms with Gasteiger partial charge in [-0.15, -0.1) is 0 Å². The van der Waals surface area contributed by atoms with Crippen LogP contribution in [-0.4, -0.2) is 24.1 Å². The van der Waals surface area contributed by atoms with Crippen molar-refractivity contribution in [2.75, 3.05) is 16.8 Å². The normalized spacial score (nSPS) is 16.5. The van der Waals surface area contributed by atoms with Gasteiger partial charge in [-0.1, -0.05) is 64.3 Å². The summed E-state index contributed by atoms with van der Waals surface area (Å²) in [4.78, 5) is 26.8. The van der Waals surface area contributed by atoms with Gasteiger partial charge in [0.15, 0.2) is 0 Å². The zero-order valence-corrected chi connectivity index (χ0v) is 16.7. The lowest BCUT2D eigenvalue weighted by Crippen LogP contribution is -2.41. The van der Waals surface area contributed by atoms with Gasteiger partial charge in [-0.2, -0.15) is 0 Å². The maximum Gasteiger partial charge on any atom is 0.234 e. The molecule has 26 heavy (non-hydrogen) atoms. The van der Waals surface area contributed by atoms with Crippen molar-refractivity contribution < 1.29 is 9.59 Å². The summed E-state index contributed by atoms with van der Waals surface area (Å²) in [5.74, 6) is -0.183. The first kappa shape index (κ1) is 18.8. The van der Waals surface area contributed by atoms with Crippen LogP contribution in [0.5, 0.6) is 0 Å². The molecule has 1 atom stereocenters. The average Bonchev–Trinajstić information content (AvgIpc) is 2.66. The number of nitrogens with zero attached hydrogens (tertiary/aromatic N) is 1. The number of rotatable bonds is 7. The number of halogens is 1. The van der Waals surface area contributed by atoms with Gasteiger partial charge in [0.25, 0.3) is 0 Å². The number of carbonyl (C=O) groups excluding carboxylic acids is 2. The molecule has 1 heterocycles. The van der Waals surface area contributed by atoms with Crippen LogP contribution in [0.3, 0.4) is 0 Å². The third-order valence-electron chi connectivity index (χ3n) is 5.03. The fraction of sp³-hybridized carbons (Fsp3) is 0.364. The van der Waals surface area contributed by atoms with Crippen molar-refractivity contribution in [2.24, 2.45) is 0 Å². The molecule has 0 spiro atoms. The third-order valence-corrected chi connectivity index (χ3v) is 5.59. The van der Waals surface area contributed by atoms with Crippen molar-refractivity contribution in [3.8, 4) is 0 Å². The van der Waals surface area contributed by atoms with Gasteiger partial charge in [0.2, 0.25) is 5.91 Å². The Kier molecular flexibility index (Phi) is 6.25. The number of para-hydroxylation sites is 1. The summed E-state index contributed by atoms with van der Waals surface area (Å²) in [6.45, 7) is 2.72. The Bertz CT molecular complexity index is 802. The van der Waals surface area contributed by atoms with Gasteiger partial charge >= 0.3 is 0 Å². The van der Waals surface area contributed by atoms with Crippen LogP contribution in [0.15, 0.2) is 42.5 Å². The largest absolute Gasteiger partial charge is 0.312 e. The molecule has 0 aliphatic carbocycles. The van der Waals surface area contributed by atoms with Gasteiger partial charge in [-0.05, 0) is 43.4 Å². The predicted molar refractivity (Wildman–Crippen MR) is 109 cm³/mol. The van der Waals surface area contributed by atoms with E-state index in [0.717, 1.165) is 54.2 Å². The lowest BCUT2D eigenvalue weighted by atomic mass is 9.83. The van der Waals surface area contributed by atoms with E-state index in [0.29, 0.717) is 12.0 Å². The first-order valence-corrected chi connectivity index (χ1v) is 10.3. The number of aryl methyl sites for hydroxylation is 1. The molecule has 1 unspecified atom stereocenters. The number of hydrogen-bond donors (Lipinski definition) is 0. The van der Waals surface area contributed by atoms with Gasteiger partial charge in [-0.3, -0.25) is 9.59 Å². The van der Waals surface area contributed by atoms with Gasteiger partial charge < -0.3 is 4.90 Å². The number of hydrogen-bond acceptors (Lipinski definition) is 2. The molecule has 1 amide bonds. The summed E-state index contributed by atoms with van der Waals surface area (Å²) in [7, 11) is 0. The molecule has 0 N–H and O–H groups in total. The van der Waals surface area contributed by atoms with Crippen molar-refractivity contribution in [2.45, 2.75) is 38.5 Å². The summed E-state index contributed by atoms with van der Waals surface area (Å²) in [5, 5.41) is 0.992. The molecular weight excluding hydrogens is 390 g/mol. The highest BCUT2D eigenvalue weighted by atomic mass is 79.9. The smallest absolute Gasteiger partial charge is 0.234 e. The first-order valence-electron chi connectivity index (χ1n) is 9.16. The monoisotopic (exact) mass is 413 g/mol. The number of benzene rings is 2. The van der Waals surface area contributed by atoms with E-state index < -0.39 is 0 Å². The molecule has 1 aliphatic rings. The van der Waals surface area contributed by atoms with Crippen LogP contribution >= 0.6 is 15.9 Å². The van der Waals surface area contributed by atoms with Crippen LogP contribution in [0.25, 0.3) is 0 Å². The van der Waals surface area contributed by atoms with Crippen molar-refractivity contribution in [1.29, 1.82) is 0 Å². The van der Waals surface area contributed by atoms with Gasteiger partial charge in [0, 0.05) is 23.1 Å². The number of alkyl halides is 1. The van der Waals surface area contributed by atoms with E-state index in [1.165, 1.54) is 5.56 Å².